The molecule has 0 aromatic carbocycles. The van der Waals surface area contributed by atoms with Crippen LogP contribution in [0.5, 0.6) is 0 Å². The van der Waals surface area contributed by atoms with Crippen LogP contribution < -0.4 is 0 Å². The van der Waals surface area contributed by atoms with Crippen molar-refractivity contribution in [2.45, 2.75) is 215 Å². The van der Waals surface area contributed by atoms with E-state index >= 15 is 0 Å². The van der Waals surface area contributed by atoms with E-state index in [1.54, 1.807) is 0 Å². The highest BCUT2D eigenvalue weighted by Gasteiger charge is 2.59. The minimum absolute atomic E-state index is 1.06. The van der Waals surface area contributed by atoms with Crippen LogP contribution in [0.25, 0.3) is 20.9 Å². The fourth-order valence-electron chi connectivity index (χ4n) is 10.8. The Morgan fingerprint density at radius 3 is 0.568 bits per heavy atom. The molecule has 21 heterocycles. The van der Waals surface area contributed by atoms with E-state index in [4.69, 9.17) is 66.3 Å². The molecule has 21 rings (SSSR count). The molecular weight excluding hydrogens is 1120 g/mol. The Kier molecular flexibility index (Phi) is 22.0. The molecule has 39 heteroatoms. The second-order valence-electron chi connectivity index (χ2n) is 20.1. The van der Waals surface area contributed by atoms with Gasteiger partial charge in [0, 0.05) is 9.82 Å². The number of hydrogen-bond donors (Lipinski definition) is 19. The van der Waals surface area contributed by atoms with Gasteiger partial charge in [-0.2, -0.15) is 0 Å². The topological polar surface area (TPSA) is 611 Å². The molecule has 21 aliphatic rings. The highest BCUT2D eigenvalue weighted by molar-refractivity contribution is 5.03. The first-order valence-electron chi connectivity index (χ1n) is 25.4. The Bertz CT molecular complexity index is 2080. The third kappa shape index (κ3) is 12.8. The third-order valence-electron chi connectivity index (χ3n) is 15.2. The molecule has 0 aromatic heterocycles. The number of rotatable bonds is 9. The monoisotopic (exact) mass is 1180 g/mol. The van der Waals surface area contributed by atoms with E-state index in [9.17, 15) is 108 Å². The predicted octanol–water partition coefficient (Wildman–Crippen LogP) is -12.6. The smallest absolute Gasteiger partial charge is 0.187 e. The summed E-state index contributed by atoms with van der Waals surface area (Å²) in [6, 6.07) is -3.81. The lowest BCUT2D eigenvalue weighted by atomic mass is 9.94. The number of ether oxygens (including phenoxy) is 14. The van der Waals surface area contributed by atoms with E-state index in [2.05, 4.69) is 20.1 Å². The largest absolute Gasteiger partial charge is 0.394 e. The molecule has 21 fully saturated rings. The van der Waals surface area contributed by atoms with Gasteiger partial charge in [0.1, 0.15) is 159 Å². The molecule has 0 aliphatic carbocycles. The molecule has 21 saturated heterocycles. The van der Waals surface area contributed by atoms with E-state index < -0.39 is 261 Å². The standard InChI is InChI=1S/C42H68N6O33/c43-47-45-15-17(56)36-68-9(2-50)30(15)76-39-25(64)20(59)33(12(5-53)71-39)79-41-27(66)22(61)35(14(7-55)73-41)81-42-28(67)23(62)34(13(6-54)74-42)80-40-26(65)21(60)32(11(4-52)72-40)78-37-18(57)16(46-48-44)29(8(1-49)69-37)75-38-24(63)19(58)31(77-36)10(3-51)70-38/h8-42,49-67H,1-7H2/t8-,9+,10-,11-,12+,13+,14-,15-,16+,17-,18-,19+,20-,21-,22-,23-,24+,25-,26+,27-,28-,29-,30-,31-,32-,33-,34-,35-,36-,37-,38-,39-,40-,41-,42-/m1/s1. The van der Waals surface area contributed by atoms with Crippen LogP contribution in [0, 0.1) is 0 Å². The van der Waals surface area contributed by atoms with Crippen LogP contribution in [0.2, 0.25) is 0 Å². The van der Waals surface area contributed by atoms with E-state index in [-0.39, 0.29) is 0 Å². The molecule has 14 bridgehead atoms. The van der Waals surface area contributed by atoms with Gasteiger partial charge >= 0.3 is 0 Å². The first-order chi connectivity index (χ1) is 38.7. The van der Waals surface area contributed by atoms with Crippen molar-refractivity contribution in [2.75, 3.05) is 46.2 Å². The van der Waals surface area contributed by atoms with Crippen LogP contribution >= 0.6 is 0 Å². The Labute approximate surface area is 455 Å². The maximum atomic E-state index is 11.6. The maximum Gasteiger partial charge on any atom is 0.187 e. The van der Waals surface area contributed by atoms with Gasteiger partial charge < -0.3 is 163 Å². The van der Waals surface area contributed by atoms with Gasteiger partial charge in [-0.1, -0.05) is 10.2 Å². The lowest BCUT2D eigenvalue weighted by Gasteiger charge is -2.50. The molecule has 0 unspecified atom stereocenters. The van der Waals surface area contributed by atoms with E-state index in [1.165, 1.54) is 0 Å². The molecule has 21 aliphatic heterocycles. The van der Waals surface area contributed by atoms with Crippen LogP contribution in [-0.4, -0.2) is 358 Å². The number of hydrogen-bond acceptors (Lipinski definition) is 35. The molecule has 0 aromatic rings. The molecule has 0 spiro atoms. The van der Waals surface area contributed by atoms with Gasteiger partial charge in [-0.3, -0.25) is 0 Å². The molecule has 81 heavy (non-hydrogen) atoms. The van der Waals surface area contributed by atoms with Crippen LogP contribution in [0.3, 0.4) is 0 Å². The molecule has 0 saturated carbocycles. The van der Waals surface area contributed by atoms with Crippen LogP contribution in [0.15, 0.2) is 10.2 Å². The predicted molar refractivity (Wildman–Crippen MR) is 242 cm³/mol. The average molecular weight is 1190 g/mol. The summed E-state index contributed by atoms with van der Waals surface area (Å²) in [6.07, 6.45) is -66.6. The fourth-order valence-corrected chi connectivity index (χ4v) is 10.8. The van der Waals surface area contributed by atoms with Crippen molar-refractivity contribution in [3.05, 3.63) is 20.9 Å². The zero-order chi connectivity index (χ0) is 58.9. The highest BCUT2D eigenvalue weighted by atomic mass is 16.8. The highest BCUT2D eigenvalue weighted by Crippen LogP contribution is 2.39. The summed E-state index contributed by atoms with van der Waals surface area (Å²) >= 11 is 0. The van der Waals surface area contributed by atoms with Crippen molar-refractivity contribution >= 4 is 0 Å². The second-order valence-corrected chi connectivity index (χ2v) is 20.1. The van der Waals surface area contributed by atoms with Crippen molar-refractivity contribution in [1.82, 2.24) is 0 Å². The molecule has 0 amide bonds. The maximum absolute atomic E-state index is 11.6. The van der Waals surface area contributed by atoms with Crippen molar-refractivity contribution in [2.24, 2.45) is 10.2 Å². The quantitative estimate of drug-likeness (QED) is 0.0579. The zero-order valence-electron chi connectivity index (χ0n) is 42.1. The van der Waals surface area contributed by atoms with Crippen molar-refractivity contribution in [1.29, 1.82) is 0 Å². The minimum atomic E-state index is -2.25. The van der Waals surface area contributed by atoms with Crippen LogP contribution in [0.4, 0.5) is 0 Å². The second kappa shape index (κ2) is 27.8. The minimum Gasteiger partial charge on any atom is -0.394 e. The van der Waals surface area contributed by atoms with Gasteiger partial charge in [0.05, 0.1) is 58.3 Å². The third-order valence-corrected chi connectivity index (χ3v) is 15.2. The molecule has 0 radical (unpaired) electrons. The van der Waals surface area contributed by atoms with E-state index in [1.807, 2.05) is 0 Å². The summed E-state index contributed by atoms with van der Waals surface area (Å²) in [7, 11) is 0. The summed E-state index contributed by atoms with van der Waals surface area (Å²) in [5.74, 6) is 0. The summed E-state index contributed by atoms with van der Waals surface area (Å²) in [6.45, 7) is -7.49. The number of aliphatic hydroxyl groups is 19. The van der Waals surface area contributed by atoms with Gasteiger partial charge in [-0.05, 0) is 11.1 Å². The van der Waals surface area contributed by atoms with Gasteiger partial charge in [0.25, 0.3) is 0 Å². The van der Waals surface area contributed by atoms with Gasteiger partial charge in [0.2, 0.25) is 0 Å². The lowest BCUT2D eigenvalue weighted by Crippen LogP contribution is -2.68. The molecule has 464 valence electrons. The Morgan fingerprint density at radius 2 is 0.395 bits per heavy atom. The van der Waals surface area contributed by atoms with Crippen molar-refractivity contribution in [3.8, 4) is 0 Å². The summed E-state index contributed by atoms with van der Waals surface area (Å²) < 4.78 is 80.4. The van der Waals surface area contributed by atoms with Gasteiger partial charge in [-0.15, -0.1) is 0 Å². The first kappa shape index (κ1) is 64.3. The normalized spacial score (nSPS) is 52.9. The number of nitrogens with zero attached hydrogens (tertiary/aromatic N) is 6. The van der Waals surface area contributed by atoms with E-state index in [0.29, 0.717) is 0 Å². The fraction of sp³-hybridized carbons (Fsp3) is 1.00. The van der Waals surface area contributed by atoms with Gasteiger partial charge in [-0.25, -0.2) is 0 Å². The van der Waals surface area contributed by atoms with Crippen molar-refractivity contribution < 1.29 is 163 Å². The van der Waals surface area contributed by atoms with Crippen molar-refractivity contribution in [3.63, 3.8) is 0 Å². The molecule has 39 nitrogen and oxygen atoms in total. The van der Waals surface area contributed by atoms with Crippen LogP contribution in [-0.2, 0) is 66.3 Å². The molecule has 19 N–H and O–H groups in total. The summed E-state index contributed by atoms with van der Waals surface area (Å²) in [4.78, 5) is 5.39. The Morgan fingerprint density at radius 1 is 0.235 bits per heavy atom. The Hall–Kier alpha value is -2.70. The number of aliphatic hydroxyl groups excluding tert-OH is 19. The summed E-state index contributed by atoms with van der Waals surface area (Å²) in [5.41, 5.74) is 19.2. The Balaban J connectivity index is 1.11. The average Bonchev–Trinajstić information content (AvgIpc) is 3.47. The number of azide groups is 2. The molecular formula is C42H68N6O33. The van der Waals surface area contributed by atoms with Crippen LogP contribution in [0.1, 0.15) is 0 Å². The first-order valence-corrected chi connectivity index (χ1v) is 25.4. The molecule has 35 atom stereocenters. The lowest BCUT2D eigenvalue weighted by molar-refractivity contribution is -0.394. The van der Waals surface area contributed by atoms with E-state index in [0.717, 1.165) is 0 Å². The summed E-state index contributed by atoms with van der Waals surface area (Å²) in [5, 5.41) is 217. The van der Waals surface area contributed by atoms with Gasteiger partial charge in [0.15, 0.2) is 44.0 Å². The zero-order valence-corrected chi connectivity index (χ0v) is 42.1. The SMILES string of the molecule is [N-]=[N+]=N[C@@H]1[C@@H](O)[C@H]2O[C@H]3[C@@H](O)[C@H](O)[C@@H](O[C@H]4[C@@H](N=[N+]=[N-])[C@@H](O)[C@@H](O[C@H]5[C@H](O)[C@H](O)[C@@H](O[C@H]6[C@H](O)[C@@H](O)[C@@H](O[C@H]7[C@H](O)[C@@H](O)[C@@H](O[C@H]8[C@H](O)[C@@H](O)[C@@H](O[C@@H]1[C@H](CO)O2)O[C@H]8CO)O[C@@H]7CO)O[C@H]6CO)O[C@@H]5CO)O[C@@H]4CO)O[C@@H]3CO.